The van der Waals surface area contributed by atoms with Gasteiger partial charge in [-0.1, -0.05) is 18.7 Å². The summed E-state index contributed by atoms with van der Waals surface area (Å²) in [5.41, 5.74) is 1.15. The number of anilines is 1. The van der Waals surface area contributed by atoms with E-state index in [-0.39, 0.29) is 11.1 Å². The van der Waals surface area contributed by atoms with Gasteiger partial charge < -0.3 is 10.2 Å². The topological polar surface area (TPSA) is 62.3 Å². The lowest BCUT2D eigenvalue weighted by Gasteiger charge is -2.15. The molecule has 7 heteroatoms. The summed E-state index contributed by atoms with van der Waals surface area (Å²) in [4.78, 5) is 31.0. The molecule has 1 fully saturated rings. The van der Waals surface area contributed by atoms with E-state index in [1.807, 2.05) is 0 Å². The van der Waals surface area contributed by atoms with Crippen LogP contribution in [0.3, 0.4) is 0 Å². The minimum Gasteiger partial charge on any atom is -0.332 e. The van der Waals surface area contributed by atoms with Gasteiger partial charge in [0.25, 0.3) is 5.24 Å². The van der Waals surface area contributed by atoms with Crippen molar-refractivity contribution in [2.45, 2.75) is 32.6 Å². The molecule has 0 radical (unpaired) electrons. The molecule has 0 unspecified atom stereocenters. The van der Waals surface area contributed by atoms with Crippen molar-refractivity contribution < 1.29 is 9.59 Å². The van der Waals surface area contributed by atoms with Gasteiger partial charge in [0.15, 0.2) is 5.13 Å². The number of nitrogens with zero attached hydrogens (tertiary/aromatic N) is 2. The van der Waals surface area contributed by atoms with E-state index in [2.05, 4.69) is 17.2 Å². The van der Waals surface area contributed by atoms with Crippen molar-refractivity contribution >= 4 is 39.4 Å². The van der Waals surface area contributed by atoms with Crippen LogP contribution in [0.2, 0.25) is 0 Å². The van der Waals surface area contributed by atoms with Crippen molar-refractivity contribution in [1.29, 1.82) is 0 Å². The summed E-state index contributed by atoms with van der Waals surface area (Å²) in [7, 11) is 0. The number of hydrogen-bond acceptors (Lipinski definition) is 5. The van der Waals surface area contributed by atoms with Gasteiger partial charge in [-0.15, -0.1) is 11.3 Å². The van der Waals surface area contributed by atoms with Crippen molar-refractivity contribution in [3.05, 3.63) is 10.6 Å². The van der Waals surface area contributed by atoms with E-state index in [0.717, 1.165) is 30.8 Å². The number of nitrogens with one attached hydrogen (secondary N) is 1. The molecule has 3 rings (SSSR count). The summed E-state index contributed by atoms with van der Waals surface area (Å²) >= 11 is 2.92. The maximum atomic E-state index is 12.0. The Bertz CT molecular complexity index is 558. The third-order valence-corrected chi connectivity index (χ3v) is 5.81. The predicted molar refractivity (Wildman–Crippen MR) is 86.0 cm³/mol. The number of thioether (sulfide) groups is 1. The number of rotatable bonds is 4. The molecule has 2 aliphatic rings. The highest BCUT2D eigenvalue weighted by atomic mass is 32.2. The molecule has 114 valence electrons. The monoisotopic (exact) mass is 325 g/mol. The second-order valence-corrected chi connectivity index (χ2v) is 7.77. The number of thiazole rings is 1. The molecule has 1 aromatic rings. The normalized spacial score (nSPS) is 21.5. The van der Waals surface area contributed by atoms with Crippen LogP contribution in [-0.2, 0) is 17.6 Å². The van der Waals surface area contributed by atoms with E-state index in [9.17, 15) is 9.59 Å². The van der Waals surface area contributed by atoms with Crippen molar-refractivity contribution in [2.75, 3.05) is 24.2 Å². The quantitative estimate of drug-likeness (QED) is 0.924. The molecule has 0 saturated carbocycles. The van der Waals surface area contributed by atoms with Crippen LogP contribution in [-0.4, -0.2) is 39.9 Å². The zero-order chi connectivity index (χ0) is 14.8. The van der Waals surface area contributed by atoms with Crippen LogP contribution in [0, 0.1) is 5.92 Å². The summed E-state index contributed by atoms with van der Waals surface area (Å²) in [6, 6.07) is 0. The highest BCUT2D eigenvalue weighted by molar-refractivity contribution is 8.13. The van der Waals surface area contributed by atoms with Crippen LogP contribution < -0.4 is 5.32 Å². The first-order valence-corrected chi connectivity index (χ1v) is 9.12. The molecular formula is C14H19N3O2S2. The van der Waals surface area contributed by atoms with Gasteiger partial charge in [0.1, 0.15) is 0 Å². The first-order chi connectivity index (χ1) is 10.1. The minimum absolute atomic E-state index is 0.0566. The molecular weight excluding hydrogens is 306 g/mol. The zero-order valence-electron chi connectivity index (χ0n) is 12.1. The summed E-state index contributed by atoms with van der Waals surface area (Å²) in [5.74, 6) is 1.48. The number of carbonyl (C=O) groups is 2. The van der Waals surface area contributed by atoms with Gasteiger partial charge in [0.2, 0.25) is 5.91 Å². The van der Waals surface area contributed by atoms with E-state index in [1.165, 1.54) is 23.1 Å². The Morgan fingerprint density at radius 1 is 1.52 bits per heavy atom. The summed E-state index contributed by atoms with van der Waals surface area (Å²) in [6.07, 6.45) is 3.61. The maximum absolute atomic E-state index is 12.0. The highest BCUT2D eigenvalue weighted by Gasteiger charge is 2.23. The lowest BCUT2D eigenvalue weighted by molar-refractivity contribution is -0.116. The van der Waals surface area contributed by atoms with Gasteiger partial charge in [-0.25, -0.2) is 4.98 Å². The van der Waals surface area contributed by atoms with Gasteiger partial charge in [-0.05, 0) is 25.2 Å². The molecule has 5 nitrogen and oxygen atoms in total. The Morgan fingerprint density at radius 2 is 2.38 bits per heavy atom. The molecule has 1 atom stereocenters. The van der Waals surface area contributed by atoms with Gasteiger partial charge in [0, 0.05) is 30.1 Å². The first-order valence-electron chi connectivity index (χ1n) is 7.32. The van der Waals surface area contributed by atoms with Gasteiger partial charge in [-0.2, -0.15) is 0 Å². The minimum atomic E-state index is -0.0566. The molecule has 2 amide bonds. The van der Waals surface area contributed by atoms with E-state index < -0.39 is 0 Å². The van der Waals surface area contributed by atoms with Crippen molar-refractivity contribution in [2.24, 2.45) is 5.92 Å². The van der Waals surface area contributed by atoms with Crippen LogP contribution in [0.25, 0.3) is 0 Å². The third-order valence-electron chi connectivity index (χ3n) is 3.89. The SMILES string of the molecule is C[C@@H]1CCc2nc(NC(=O)CCN3CCSC3=O)sc2C1. The van der Waals surface area contributed by atoms with Gasteiger partial charge in [-0.3, -0.25) is 9.59 Å². The maximum Gasteiger partial charge on any atom is 0.281 e. The second kappa shape index (κ2) is 6.36. The van der Waals surface area contributed by atoms with Gasteiger partial charge in [0.05, 0.1) is 5.69 Å². The average Bonchev–Trinajstić information content (AvgIpc) is 3.01. The Kier molecular flexibility index (Phi) is 4.49. The summed E-state index contributed by atoms with van der Waals surface area (Å²) in [6.45, 7) is 3.51. The molecule has 1 N–H and O–H groups in total. The Hall–Kier alpha value is -1.08. The van der Waals surface area contributed by atoms with Crippen LogP contribution in [0.1, 0.15) is 30.3 Å². The summed E-state index contributed by atoms with van der Waals surface area (Å²) < 4.78 is 0. The summed E-state index contributed by atoms with van der Waals surface area (Å²) in [5, 5.41) is 3.67. The molecule has 1 aliphatic heterocycles. The third kappa shape index (κ3) is 3.58. The van der Waals surface area contributed by atoms with E-state index in [0.29, 0.717) is 24.0 Å². The number of aromatic nitrogens is 1. The van der Waals surface area contributed by atoms with Crippen molar-refractivity contribution in [1.82, 2.24) is 9.88 Å². The molecule has 21 heavy (non-hydrogen) atoms. The number of fused-ring (bicyclic) bond motifs is 1. The van der Waals surface area contributed by atoms with Crippen LogP contribution in [0.15, 0.2) is 0 Å². The Balaban J connectivity index is 1.52. The first kappa shape index (κ1) is 14.8. The van der Waals surface area contributed by atoms with E-state index >= 15 is 0 Å². The number of amides is 2. The van der Waals surface area contributed by atoms with E-state index in [4.69, 9.17) is 0 Å². The number of aryl methyl sites for hydroxylation is 1. The fourth-order valence-corrected chi connectivity index (χ4v) is 4.68. The van der Waals surface area contributed by atoms with E-state index in [1.54, 1.807) is 16.2 Å². The molecule has 1 saturated heterocycles. The Labute approximate surface area is 132 Å². The van der Waals surface area contributed by atoms with Gasteiger partial charge >= 0.3 is 0 Å². The zero-order valence-corrected chi connectivity index (χ0v) is 13.7. The molecule has 2 heterocycles. The lowest BCUT2D eigenvalue weighted by Crippen LogP contribution is -2.27. The highest BCUT2D eigenvalue weighted by Crippen LogP contribution is 2.32. The second-order valence-electron chi connectivity index (χ2n) is 5.64. The smallest absolute Gasteiger partial charge is 0.281 e. The average molecular weight is 325 g/mol. The largest absolute Gasteiger partial charge is 0.332 e. The predicted octanol–water partition coefficient (Wildman–Crippen LogP) is 2.77. The Morgan fingerprint density at radius 3 is 3.14 bits per heavy atom. The van der Waals surface area contributed by atoms with Crippen LogP contribution in [0.4, 0.5) is 9.93 Å². The van der Waals surface area contributed by atoms with Crippen LogP contribution in [0.5, 0.6) is 0 Å². The number of carbonyl (C=O) groups excluding carboxylic acids is 2. The molecule has 1 aliphatic carbocycles. The fourth-order valence-electron chi connectivity index (χ4n) is 2.64. The number of hydrogen-bond donors (Lipinski definition) is 1. The lowest BCUT2D eigenvalue weighted by atomic mass is 9.93. The van der Waals surface area contributed by atoms with Crippen molar-refractivity contribution in [3.8, 4) is 0 Å². The molecule has 0 spiro atoms. The molecule has 0 bridgehead atoms. The van der Waals surface area contributed by atoms with Crippen LogP contribution >= 0.6 is 23.1 Å². The molecule has 1 aromatic heterocycles. The molecule has 0 aromatic carbocycles. The fraction of sp³-hybridized carbons (Fsp3) is 0.643. The van der Waals surface area contributed by atoms with Crippen molar-refractivity contribution in [3.63, 3.8) is 0 Å². The standard InChI is InChI=1S/C14H19N3O2S2/c1-9-2-3-10-11(8-9)21-13(15-10)16-12(18)4-5-17-6-7-20-14(17)19/h9H,2-8H2,1H3,(H,15,16,18)/t9-/m1/s1.